The van der Waals surface area contributed by atoms with Crippen molar-refractivity contribution in [2.24, 2.45) is 7.05 Å². The van der Waals surface area contributed by atoms with E-state index in [4.69, 9.17) is 0 Å². The molecule has 34 heavy (non-hydrogen) atoms. The maximum absolute atomic E-state index is 13.0. The first kappa shape index (κ1) is 24.1. The van der Waals surface area contributed by atoms with Gasteiger partial charge in [-0.3, -0.25) is 14.5 Å². The van der Waals surface area contributed by atoms with E-state index in [-0.39, 0.29) is 17.5 Å². The normalized spacial score (nSPS) is 14.3. The lowest BCUT2D eigenvalue weighted by molar-refractivity contribution is -0.118. The Balaban J connectivity index is 1.63. The number of sulfonamides is 1. The van der Waals surface area contributed by atoms with Gasteiger partial charge in [0.05, 0.1) is 12.1 Å². The van der Waals surface area contributed by atoms with Gasteiger partial charge in [0.2, 0.25) is 5.91 Å². The number of pyridine rings is 1. The number of aryl methyl sites for hydroxylation is 3. The average molecular weight is 482 g/mol. The number of benzene rings is 1. The van der Waals surface area contributed by atoms with Gasteiger partial charge >= 0.3 is 0 Å². The van der Waals surface area contributed by atoms with Gasteiger partial charge in [-0.2, -0.15) is 13.5 Å². The highest BCUT2D eigenvalue weighted by molar-refractivity contribution is 7.90. The molecule has 8 nitrogen and oxygen atoms in total. The zero-order valence-corrected chi connectivity index (χ0v) is 21.1. The van der Waals surface area contributed by atoms with Crippen molar-refractivity contribution in [3.63, 3.8) is 0 Å². The van der Waals surface area contributed by atoms with Gasteiger partial charge in [0.15, 0.2) is 5.03 Å². The number of carbonyl (C=O) groups excluding carboxylic acids is 1. The molecular formula is C25H31N5O3S. The summed E-state index contributed by atoms with van der Waals surface area (Å²) < 4.78 is 29.8. The fourth-order valence-electron chi connectivity index (χ4n) is 4.57. The van der Waals surface area contributed by atoms with Gasteiger partial charge in [-0.25, -0.2) is 4.72 Å². The third-order valence-corrected chi connectivity index (χ3v) is 7.81. The molecule has 1 amide bonds. The molecule has 4 rings (SSSR count). The summed E-state index contributed by atoms with van der Waals surface area (Å²) in [6.07, 6.45) is 4.61. The first-order chi connectivity index (χ1) is 16.1. The van der Waals surface area contributed by atoms with Gasteiger partial charge in [-0.15, -0.1) is 0 Å². The molecule has 180 valence electrons. The largest absolute Gasteiger partial charge is 0.301 e. The number of amides is 1. The Morgan fingerprint density at radius 2 is 1.97 bits per heavy atom. The molecule has 9 heteroatoms. The molecule has 1 atom stereocenters. The third-order valence-electron chi connectivity index (χ3n) is 6.57. The second-order valence-corrected chi connectivity index (χ2v) is 10.8. The lowest BCUT2D eigenvalue weighted by Gasteiger charge is -2.19. The van der Waals surface area contributed by atoms with Crippen LogP contribution >= 0.6 is 0 Å². The van der Waals surface area contributed by atoms with Crippen molar-refractivity contribution in [3.8, 4) is 11.1 Å². The lowest BCUT2D eigenvalue weighted by atomic mass is 9.91. The molecule has 2 aromatic heterocycles. The minimum atomic E-state index is -4.10. The molecule has 1 aromatic carbocycles. The minimum Gasteiger partial charge on any atom is -0.301 e. The molecule has 0 spiro atoms. The van der Waals surface area contributed by atoms with Crippen molar-refractivity contribution < 1.29 is 13.2 Å². The van der Waals surface area contributed by atoms with Crippen LogP contribution in [-0.4, -0.2) is 48.1 Å². The summed E-state index contributed by atoms with van der Waals surface area (Å²) in [5.74, 6) is -0.569. The molecule has 0 radical (unpaired) electrons. The summed E-state index contributed by atoms with van der Waals surface area (Å²) in [4.78, 5) is 19.3. The van der Waals surface area contributed by atoms with Crippen LogP contribution in [0, 0.1) is 6.92 Å². The first-order valence-corrected chi connectivity index (χ1v) is 12.9. The highest BCUT2D eigenvalue weighted by Gasteiger charge is 2.26. The molecule has 3 aromatic rings. The smallest absolute Gasteiger partial charge is 0.283 e. The standard InChI is InChI=1S/C25H31N5O3S/c1-16-13-19(11-12-26-16)21-10-9-18-7-6-8-20(18)22(21)14-24(31)28-34(32,33)25-15-23(30(5)27-25)17(2)29(3)4/h9-13,15,17H,6-8,14H2,1-5H3,(H,28,31). The number of nitrogens with one attached hydrogen (secondary N) is 1. The topological polar surface area (TPSA) is 97.2 Å². The summed E-state index contributed by atoms with van der Waals surface area (Å²) >= 11 is 0. The van der Waals surface area contributed by atoms with Crippen molar-refractivity contribution >= 4 is 15.9 Å². The van der Waals surface area contributed by atoms with Crippen LogP contribution in [-0.2, 0) is 41.1 Å². The van der Waals surface area contributed by atoms with E-state index in [1.165, 1.54) is 16.3 Å². The van der Waals surface area contributed by atoms with E-state index in [1.54, 1.807) is 13.2 Å². The van der Waals surface area contributed by atoms with Gasteiger partial charge < -0.3 is 4.90 Å². The van der Waals surface area contributed by atoms with E-state index in [9.17, 15) is 13.2 Å². The van der Waals surface area contributed by atoms with Crippen LogP contribution in [0.3, 0.4) is 0 Å². The molecular weight excluding hydrogens is 450 g/mol. The molecule has 2 heterocycles. The van der Waals surface area contributed by atoms with Crippen molar-refractivity contribution in [1.29, 1.82) is 0 Å². The van der Waals surface area contributed by atoms with Gasteiger partial charge in [0.1, 0.15) is 0 Å². The van der Waals surface area contributed by atoms with Crippen LogP contribution in [0.4, 0.5) is 0 Å². The summed E-state index contributed by atoms with van der Waals surface area (Å²) in [5.41, 5.74) is 6.81. The Bertz CT molecular complexity index is 1340. The van der Waals surface area contributed by atoms with Crippen LogP contribution in [0.15, 0.2) is 41.6 Å². The second-order valence-electron chi connectivity index (χ2n) is 9.14. The van der Waals surface area contributed by atoms with Gasteiger partial charge in [-0.05, 0) is 87.2 Å². The molecule has 0 bridgehead atoms. The van der Waals surface area contributed by atoms with Gasteiger partial charge in [0.25, 0.3) is 10.0 Å². The summed E-state index contributed by atoms with van der Waals surface area (Å²) in [5, 5.41) is 4.00. The number of rotatable bonds is 7. The number of carbonyl (C=O) groups is 1. The molecule has 1 N–H and O–H groups in total. The van der Waals surface area contributed by atoms with Crippen LogP contribution < -0.4 is 4.72 Å². The van der Waals surface area contributed by atoms with E-state index < -0.39 is 15.9 Å². The van der Waals surface area contributed by atoms with Crippen LogP contribution in [0.2, 0.25) is 0 Å². The third kappa shape index (κ3) is 4.76. The Hall–Kier alpha value is -3.04. The second kappa shape index (κ2) is 9.31. The quantitative estimate of drug-likeness (QED) is 0.557. The number of nitrogens with zero attached hydrogens (tertiary/aromatic N) is 4. The molecule has 0 fully saturated rings. The summed E-state index contributed by atoms with van der Waals surface area (Å²) in [6, 6.07) is 9.54. The van der Waals surface area contributed by atoms with Gasteiger partial charge in [-0.1, -0.05) is 12.1 Å². The number of aromatic nitrogens is 3. The highest BCUT2D eigenvalue weighted by Crippen LogP contribution is 2.34. The molecule has 1 aliphatic carbocycles. The Kier molecular flexibility index (Phi) is 6.60. The summed E-state index contributed by atoms with van der Waals surface area (Å²) in [6.45, 7) is 3.89. The Morgan fingerprint density at radius 1 is 1.21 bits per heavy atom. The molecule has 0 aliphatic heterocycles. The van der Waals surface area contributed by atoms with Crippen LogP contribution in [0.5, 0.6) is 0 Å². The molecule has 0 saturated carbocycles. The predicted octanol–water partition coefficient (Wildman–Crippen LogP) is 2.95. The van der Waals surface area contributed by atoms with E-state index in [0.29, 0.717) is 0 Å². The van der Waals surface area contributed by atoms with Crippen molar-refractivity contribution in [2.75, 3.05) is 14.1 Å². The first-order valence-electron chi connectivity index (χ1n) is 11.4. The number of fused-ring (bicyclic) bond motifs is 1. The monoisotopic (exact) mass is 481 g/mol. The number of hydrogen-bond acceptors (Lipinski definition) is 6. The zero-order chi connectivity index (χ0) is 24.6. The van der Waals surface area contributed by atoms with Crippen molar-refractivity contribution in [1.82, 2.24) is 24.4 Å². The number of hydrogen-bond donors (Lipinski definition) is 1. The average Bonchev–Trinajstić information content (AvgIpc) is 3.40. The van der Waals surface area contributed by atoms with Crippen molar-refractivity contribution in [3.05, 3.63) is 64.6 Å². The van der Waals surface area contributed by atoms with Gasteiger partial charge in [0, 0.05) is 31.0 Å². The zero-order valence-electron chi connectivity index (χ0n) is 20.3. The minimum absolute atomic E-state index is 0.0209. The van der Waals surface area contributed by atoms with E-state index in [1.807, 2.05) is 51.0 Å². The fourth-order valence-corrected chi connectivity index (χ4v) is 5.55. The molecule has 0 saturated heterocycles. The van der Waals surface area contributed by atoms with Crippen molar-refractivity contribution in [2.45, 2.75) is 50.6 Å². The predicted molar refractivity (Wildman–Crippen MR) is 131 cm³/mol. The fraction of sp³-hybridized carbons (Fsp3) is 0.400. The highest BCUT2D eigenvalue weighted by atomic mass is 32.2. The SMILES string of the molecule is Cc1cc(-c2ccc3c(c2CC(=O)NS(=O)(=O)c2cc(C(C)N(C)C)n(C)n2)CCC3)ccn1. The molecule has 1 unspecified atom stereocenters. The summed E-state index contributed by atoms with van der Waals surface area (Å²) in [7, 11) is 1.42. The van der Waals surface area contributed by atoms with Crippen LogP contribution in [0.25, 0.3) is 11.1 Å². The van der Waals surface area contributed by atoms with E-state index in [2.05, 4.69) is 20.9 Å². The maximum Gasteiger partial charge on any atom is 0.283 e. The van der Waals surface area contributed by atoms with E-state index >= 15 is 0 Å². The maximum atomic E-state index is 13.0. The Morgan fingerprint density at radius 3 is 2.68 bits per heavy atom. The van der Waals surface area contributed by atoms with Crippen LogP contribution in [0.1, 0.15) is 47.5 Å². The molecule has 1 aliphatic rings. The Labute approximate surface area is 201 Å². The van der Waals surface area contributed by atoms with E-state index in [0.717, 1.165) is 52.9 Å². The lowest BCUT2D eigenvalue weighted by Crippen LogP contribution is -2.32.